The lowest BCUT2D eigenvalue weighted by molar-refractivity contribution is -0.807. The molecule has 1 rings (SSSR count). The van der Waals surface area contributed by atoms with Gasteiger partial charge >= 0.3 is 0 Å². The molecule has 1 fully saturated rings. The van der Waals surface area contributed by atoms with Crippen LogP contribution in [0, 0.1) is 0 Å². The van der Waals surface area contributed by atoms with E-state index in [1.807, 2.05) is 0 Å². The number of hydrogen-bond acceptors (Lipinski definition) is 15. The van der Waals surface area contributed by atoms with Crippen LogP contribution in [-0.2, 0) is 61.1 Å². The van der Waals surface area contributed by atoms with Crippen LogP contribution < -0.4 is 5.26 Å². The second kappa shape index (κ2) is 10.6. The zero-order valence-electron chi connectivity index (χ0n) is 12.5. The highest BCUT2D eigenvalue weighted by atomic mass is 32.3. The third kappa shape index (κ3) is 8.19. The Morgan fingerprint density at radius 3 is 1.84 bits per heavy atom. The molecule has 0 saturated carbocycles. The fourth-order valence-corrected chi connectivity index (χ4v) is 3.01. The molecule has 0 amide bonds. The van der Waals surface area contributed by atoms with Crippen molar-refractivity contribution in [2.24, 2.45) is 0 Å². The van der Waals surface area contributed by atoms with E-state index in [1.165, 1.54) is 6.92 Å². The van der Waals surface area contributed by atoms with Crippen LogP contribution in [-0.4, -0.2) is 68.0 Å². The molecule has 0 aromatic carbocycles. The van der Waals surface area contributed by atoms with Crippen molar-refractivity contribution < 1.29 is 63.2 Å². The highest BCUT2D eigenvalue weighted by molar-refractivity contribution is 7.81. The molecule has 17 heteroatoms. The summed E-state index contributed by atoms with van der Waals surface area (Å²) in [4.78, 5) is 4.24. The van der Waals surface area contributed by atoms with Crippen LogP contribution in [0.3, 0.4) is 0 Å². The van der Waals surface area contributed by atoms with Gasteiger partial charge in [0.25, 0.3) is 0 Å². The number of hydrogen-bond donors (Lipinski definition) is 0. The van der Waals surface area contributed by atoms with Gasteiger partial charge < -0.3 is 23.8 Å². The quantitative estimate of drug-likeness (QED) is 0.160. The smallest absolute Gasteiger partial charge is 0.218 e. The third-order valence-corrected chi connectivity index (χ3v) is 3.75. The first-order chi connectivity index (χ1) is 11.5. The van der Waals surface area contributed by atoms with Gasteiger partial charge in [-0.05, 0) is 6.42 Å². The topological polar surface area (TPSA) is 210 Å². The van der Waals surface area contributed by atoms with E-state index in [-0.39, 0.29) is 6.42 Å². The Bertz CT molecular complexity index is 589. The van der Waals surface area contributed by atoms with Crippen molar-refractivity contribution in [3.8, 4) is 0 Å². The van der Waals surface area contributed by atoms with E-state index in [4.69, 9.17) is 13.7 Å². The maximum Gasteiger partial charge on any atom is 0.218 e. The van der Waals surface area contributed by atoms with Gasteiger partial charge in [0.1, 0.15) is 12.2 Å². The predicted octanol–water partition coefficient (Wildman–Crippen LogP) is -3.29. The van der Waals surface area contributed by atoms with Crippen molar-refractivity contribution in [1.29, 1.82) is 0 Å². The normalized spacial score (nSPS) is 30.4. The van der Waals surface area contributed by atoms with Crippen molar-refractivity contribution in [1.82, 2.24) is 0 Å². The highest BCUT2D eigenvalue weighted by Crippen LogP contribution is 2.31. The molecule has 0 aromatic heterocycles. The maximum absolute atomic E-state index is 10.8. The van der Waals surface area contributed by atoms with Gasteiger partial charge in [-0.1, -0.05) is 6.92 Å². The minimum Gasteiger partial charge on any atom is -0.726 e. The lowest BCUT2D eigenvalue weighted by Crippen LogP contribution is -2.61. The highest BCUT2D eigenvalue weighted by Gasteiger charge is 2.50. The minimum absolute atomic E-state index is 0.0868. The van der Waals surface area contributed by atoms with Crippen LogP contribution in [0.15, 0.2) is 0 Å². The fourth-order valence-electron chi connectivity index (χ4n) is 2.04. The van der Waals surface area contributed by atoms with Gasteiger partial charge in [0.2, 0.25) is 20.8 Å². The summed E-state index contributed by atoms with van der Waals surface area (Å²) in [6.45, 7) is 1.52. The molecule has 0 aliphatic carbocycles. The Morgan fingerprint density at radius 2 is 1.48 bits per heavy atom. The molecule has 1 aliphatic heterocycles. The predicted molar refractivity (Wildman–Crippen MR) is 69.2 cm³/mol. The molecule has 14 nitrogen and oxygen atoms in total. The molecule has 0 aromatic rings. The molecule has 1 aliphatic rings. The van der Waals surface area contributed by atoms with Crippen LogP contribution in [0.4, 0.5) is 0 Å². The standard InChI is InChI=1S/C8H16O13S2.OS/c1-3-4-5(18-21-9)6(19-22(10,11)12)7(8(16-2)17-4)20-23(13,14)15;1-2/h4-9H,3H2,1-2H3,(H,10,11,12)(H,13,14,15);/p-3/t4?,5-,6-,7?,8+;/m1./s1. The van der Waals surface area contributed by atoms with E-state index in [2.05, 4.69) is 30.8 Å². The largest absolute Gasteiger partial charge is 0.726 e. The molecule has 0 N–H and O–H groups in total. The molecule has 0 radical (unpaired) electrons. The van der Waals surface area contributed by atoms with E-state index < -0.39 is 51.5 Å². The maximum atomic E-state index is 10.8. The summed E-state index contributed by atoms with van der Waals surface area (Å²) in [5.74, 6) is 0. The van der Waals surface area contributed by atoms with Crippen LogP contribution >= 0.6 is 0 Å². The zero-order valence-corrected chi connectivity index (χ0v) is 15.0. The lowest BCUT2D eigenvalue weighted by Gasteiger charge is -2.44. The Balaban J connectivity index is 0.00000277. The van der Waals surface area contributed by atoms with Gasteiger partial charge in [-0.15, -0.1) is 0 Å². The summed E-state index contributed by atoms with van der Waals surface area (Å²) in [5.41, 5.74) is 0. The molecule has 0 spiro atoms. The average Bonchev–Trinajstić information content (AvgIpc) is 2.50. The van der Waals surface area contributed by atoms with Gasteiger partial charge in [-0.3, -0.25) is 13.4 Å². The summed E-state index contributed by atoms with van der Waals surface area (Å²) in [5, 5.41) is 13.4. The van der Waals surface area contributed by atoms with Crippen LogP contribution in [0.5, 0.6) is 0 Å². The van der Waals surface area contributed by atoms with Gasteiger partial charge in [0.05, 0.1) is 6.10 Å². The van der Waals surface area contributed by atoms with Crippen molar-refractivity contribution in [3.05, 3.63) is 0 Å². The molecule has 1 saturated heterocycles. The monoisotopic (exact) mass is 429 g/mol. The van der Waals surface area contributed by atoms with E-state index in [1.54, 1.807) is 0 Å². The van der Waals surface area contributed by atoms with Gasteiger partial charge in [0.15, 0.2) is 24.9 Å². The van der Waals surface area contributed by atoms with Gasteiger partial charge in [-0.2, -0.15) is 4.21 Å². The van der Waals surface area contributed by atoms with Crippen LogP contribution in [0.25, 0.3) is 0 Å². The minimum atomic E-state index is -5.40. The zero-order chi connectivity index (χ0) is 19.8. The first kappa shape index (κ1) is 24.6. The molecule has 2 unspecified atom stereocenters. The van der Waals surface area contributed by atoms with Crippen molar-refractivity contribution >= 4 is 33.3 Å². The Labute approximate surface area is 148 Å². The number of methoxy groups -OCH3 is 1. The van der Waals surface area contributed by atoms with E-state index in [9.17, 15) is 31.2 Å². The van der Waals surface area contributed by atoms with E-state index >= 15 is 0 Å². The van der Waals surface area contributed by atoms with Gasteiger partial charge in [-0.25, -0.2) is 21.7 Å². The first-order valence-corrected chi connectivity index (χ1v) is 9.10. The van der Waals surface area contributed by atoms with Crippen molar-refractivity contribution in [2.75, 3.05) is 7.11 Å². The fraction of sp³-hybridized carbons (Fsp3) is 1.00. The summed E-state index contributed by atoms with van der Waals surface area (Å²) in [6.07, 6.45) is -8.42. The second-order valence-electron chi connectivity index (χ2n) is 4.25. The average molecular weight is 429 g/mol. The Morgan fingerprint density at radius 1 is 1.00 bits per heavy atom. The molecule has 150 valence electrons. The molecule has 5 atom stereocenters. The van der Waals surface area contributed by atoms with Crippen LogP contribution in [0.2, 0.25) is 0 Å². The molecular formula is C8H13O14S3-3. The lowest BCUT2D eigenvalue weighted by atomic mass is 9.97. The third-order valence-electron chi connectivity index (χ3n) is 2.83. The summed E-state index contributed by atoms with van der Waals surface area (Å²) >= 11 is 2.83. The number of ether oxygens (including phenoxy) is 2. The molecule has 0 bridgehead atoms. The summed E-state index contributed by atoms with van der Waals surface area (Å²) < 4.78 is 90.9. The van der Waals surface area contributed by atoms with Crippen molar-refractivity contribution in [3.63, 3.8) is 0 Å². The summed E-state index contributed by atoms with van der Waals surface area (Å²) in [6, 6.07) is 0. The summed E-state index contributed by atoms with van der Waals surface area (Å²) in [7, 11) is -9.75. The molecule has 25 heavy (non-hydrogen) atoms. The van der Waals surface area contributed by atoms with Crippen molar-refractivity contribution in [2.45, 2.75) is 44.1 Å². The SMILES string of the molecule is CCC1O[C@H](OC)C(OS(=O)(=O)[O-])[C@H](OS(=O)(=O)[O-])[C@@H]1OO[O-].O=S. The van der Waals surface area contributed by atoms with E-state index in [0.717, 1.165) is 7.11 Å². The molecule has 1 heterocycles. The molecular weight excluding hydrogens is 416 g/mol. The Kier molecular flexibility index (Phi) is 10.5. The van der Waals surface area contributed by atoms with E-state index in [0.29, 0.717) is 0 Å². The van der Waals surface area contributed by atoms with Gasteiger partial charge in [0, 0.05) is 7.11 Å². The number of rotatable bonds is 8. The van der Waals surface area contributed by atoms with Crippen LogP contribution in [0.1, 0.15) is 13.3 Å². The second-order valence-corrected chi connectivity index (χ2v) is 6.27. The first-order valence-electron chi connectivity index (χ1n) is 6.10. The Hall–Kier alpha value is -0.440.